The Balaban J connectivity index is 0.000000440. The lowest BCUT2D eigenvalue weighted by molar-refractivity contribution is -0.134. The van der Waals surface area contributed by atoms with Gasteiger partial charge in [-0.3, -0.25) is 9.69 Å². The van der Waals surface area contributed by atoms with Crippen LogP contribution in [0.2, 0.25) is 0 Å². The van der Waals surface area contributed by atoms with E-state index in [9.17, 15) is 14.4 Å². The summed E-state index contributed by atoms with van der Waals surface area (Å²) in [4.78, 5) is 33.8. The third-order valence-corrected chi connectivity index (χ3v) is 4.96. The molecule has 0 radical (unpaired) electrons. The molecule has 0 saturated heterocycles. The molecule has 1 amide bonds. The summed E-state index contributed by atoms with van der Waals surface area (Å²) in [6.45, 7) is 6.02. The van der Waals surface area contributed by atoms with Crippen LogP contribution in [-0.2, 0) is 14.3 Å². The normalized spacial score (nSPS) is 14.7. The summed E-state index contributed by atoms with van der Waals surface area (Å²) in [6, 6.07) is 18.1. The highest BCUT2D eigenvalue weighted by Crippen LogP contribution is 2.38. The van der Waals surface area contributed by atoms with Gasteiger partial charge in [0.1, 0.15) is 0 Å². The molecular formula is C26H32N2O6. The summed E-state index contributed by atoms with van der Waals surface area (Å²) >= 11 is 0. The Morgan fingerprint density at radius 3 is 2.21 bits per heavy atom. The Labute approximate surface area is 199 Å². The van der Waals surface area contributed by atoms with Crippen LogP contribution in [0.1, 0.15) is 55.3 Å². The molecule has 8 nitrogen and oxygen atoms in total. The van der Waals surface area contributed by atoms with Crippen molar-refractivity contribution in [2.24, 2.45) is 0 Å². The van der Waals surface area contributed by atoms with Crippen molar-refractivity contribution in [2.45, 2.75) is 45.4 Å². The number of carbonyl (C=O) groups is 3. The van der Waals surface area contributed by atoms with E-state index in [1.807, 2.05) is 54.6 Å². The smallest absolute Gasteiger partial charge is 0.328 e. The van der Waals surface area contributed by atoms with E-state index in [1.165, 1.54) is 0 Å². The number of fused-ring (bicyclic) bond motifs is 1. The fourth-order valence-corrected chi connectivity index (χ4v) is 3.42. The Hall–Kier alpha value is -3.49. The van der Waals surface area contributed by atoms with Crippen molar-refractivity contribution in [1.29, 1.82) is 0 Å². The van der Waals surface area contributed by atoms with Gasteiger partial charge in [-0.2, -0.15) is 0 Å². The first-order valence-corrected chi connectivity index (χ1v) is 11.3. The van der Waals surface area contributed by atoms with Gasteiger partial charge in [-0.1, -0.05) is 50.2 Å². The van der Waals surface area contributed by atoms with Crippen molar-refractivity contribution >= 4 is 23.5 Å². The summed E-state index contributed by atoms with van der Waals surface area (Å²) in [5.41, 5.74) is 2.57. The SMILES string of the molecule is CC(C)NCCCCCOC1c2ccccc2C(=O)N1c1ccccc1.O=C(O)C=CC(=O)O. The second-order valence-electron chi connectivity index (χ2n) is 8.00. The minimum Gasteiger partial charge on any atom is -0.478 e. The van der Waals surface area contributed by atoms with Crippen molar-refractivity contribution in [3.63, 3.8) is 0 Å². The second kappa shape index (κ2) is 13.9. The van der Waals surface area contributed by atoms with E-state index >= 15 is 0 Å². The average molecular weight is 469 g/mol. The third kappa shape index (κ3) is 8.46. The topological polar surface area (TPSA) is 116 Å². The van der Waals surface area contributed by atoms with Crippen molar-refractivity contribution < 1.29 is 29.3 Å². The number of hydrogen-bond donors (Lipinski definition) is 3. The number of hydrogen-bond acceptors (Lipinski definition) is 5. The maximum Gasteiger partial charge on any atom is 0.328 e. The molecule has 0 aliphatic carbocycles. The van der Waals surface area contributed by atoms with Crippen LogP contribution >= 0.6 is 0 Å². The number of ether oxygens (including phenoxy) is 1. The molecule has 34 heavy (non-hydrogen) atoms. The fourth-order valence-electron chi connectivity index (χ4n) is 3.42. The van der Waals surface area contributed by atoms with Gasteiger partial charge in [0.05, 0.1) is 0 Å². The number of carbonyl (C=O) groups excluding carboxylic acids is 1. The molecule has 1 atom stereocenters. The average Bonchev–Trinajstić information content (AvgIpc) is 3.09. The predicted octanol–water partition coefficient (Wildman–Crippen LogP) is 4.24. The van der Waals surface area contributed by atoms with Gasteiger partial charge in [0.2, 0.25) is 0 Å². The van der Waals surface area contributed by atoms with Crippen LogP contribution < -0.4 is 10.2 Å². The van der Waals surface area contributed by atoms with E-state index in [2.05, 4.69) is 19.2 Å². The number of carboxylic acid groups (broad SMARTS) is 2. The molecule has 1 unspecified atom stereocenters. The largest absolute Gasteiger partial charge is 0.478 e. The first kappa shape index (κ1) is 26.8. The van der Waals surface area contributed by atoms with Crippen LogP contribution in [0.25, 0.3) is 0 Å². The number of amides is 1. The minimum atomic E-state index is -1.26. The highest BCUT2D eigenvalue weighted by Gasteiger charge is 2.38. The molecule has 1 heterocycles. The van der Waals surface area contributed by atoms with E-state index in [4.69, 9.17) is 14.9 Å². The number of nitrogens with zero attached hydrogens (tertiary/aromatic N) is 1. The molecule has 182 valence electrons. The molecule has 3 N–H and O–H groups in total. The van der Waals surface area contributed by atoms with E-state index < -0.39 is 11.9 Å². The van der Waals surface area contributed by atoms with E-state index in [1.54, 1.807) is 4.90 Å². The van der Waals surface area contributed by atoms with Crippen LogP contribution in [0, 0.1) is 0 Å². The Bertz CT molecular complexity index is 958. The number of rotatable bonds is 11. The monoisotopic (exact) mass is 468 g/mol. The van der Waals surface area contributed by atoms with Gasteiger partial charge in [-0.25, -0.2) is 9.59 Å². The van der Waals surface area contributed by atoms with E-state index in [-0.39, 0.29) is 12.1 Å². The van der Waals surface area contributed by atoms with Gasteiger partial charge < -0.3 is 20.3 Å². The van der Waals surface area contributed by atoms with Crippen molar-refractivity contribution in [3.8, 4) is 0 Å². The number of nitrogens with one attached hydrogen (secondary N) is 1. The molecule has 3 rings (SSSR count). The van der Waals surface area contributed by atoms with E-state index in [0.717, 1.165) is 42.6 Å². The zero-order chi connectivity index (χ0) is 24.9. The number of benzene rings is 2. The lowest BCUT2D eigenvalue weighted by Gasteiger charge is -2.25. The van der Waals surface area contributed by atoms with Crippen molar-refractivity contribution in [2.75, 3.05) is 18.1 Å². The van der Waals surface area contributed by atoms with Crippen LogP contribution in [0.4, 0.5) is 5.69 Å². The standard InChI is InChI=1S/C22H28N2O2.C4H4O4/c1-17(2)23-15-9-4-10-16-26-22-20-14-8-7-13-19(20)21(25)24(22)18-11-5-3-6-12-18;5-3(6)1-2-4(7)8/h3,5-8,11-14,17,22-23H,4,9-10,15-16H2,1-2H3;1-2H,(H,5,6)(H,7,8). The molecule has 8 heteroatoms. The molecule has 0 aromatic heterocycles. The van der Waals surface area contributed by atoms with Crippen LogP contribution in [0.5, 0.6) is 0 Å². The highest BCUT2D eigenvalue weighted by atomic mass is 16.5. The Kier molecular flexibility index (Phi) is 11.0. The molecule has 0 saturated carbocycles. The minimum absolute atomic E-state index is 0.0120. The van der Waals surface area contributed by atoms with Crippen molar-refractivity contribution in [3.05, 3.63) is 77.9 Å². The van der Waals surface area contributed by atoms with Crippen LogP contribution in [0.3, 0.4) is 0 Å². The number of anilines is 1. The van der Waals surface area contributed by atoms with Gasteiger partial charge in [-0.15, -0.1) is 0 Å². The van der Waals surface area contributed by atoms with Gasteiger partial charge in [0.25, 0.3) is 5.91 Å². The molecule has 0 fully saturated rings. The number of carboxylic acids is 2. The maximum absolute atomic E-state index is 12.9. The van der Waals surface area contributed by atoms with Crippen molar-refractivity contribution in [1.82, 2.24) is 5.32 Å². The molecule has 2 aromatic carbocycles. The summed E-state index contributed by atoms with van der Waals surface area (Å²) in [6.07, 6.45) is 4.03. The van der Waals surface area contributed by atoms with Gasteiger partial charge in [0, 0.05) is 41.6 Å². The zero-order valence-corrected chi connectivity index (χ0v) is 19.5. The second-order valence-corrected chi connectivity index (χ2v) is 8.00. The maximum atomic E-state index is 12.9. The van der Waals surface area contributed by atoms with E-state index in [0.29, 0.717) is 24.8 Å². The predicted molar refractivity (Wildman–Crippen MR) is 130 cm³/mol. The number of para-hydroxylation sites is 1. The first-order chi connectivity index (χ1) is 16.3. The fraction of sp³-hybridized carbons (Fsp3) is 0.346. The van der Waals surface area contributed by atoms with Gasteiger partial charge in [-0.05, 0) is 44.0 Å². The molecule has 1 aliphatic heterocycles. The zero-order valence-electron chi connectivity index (χ0n) is 19.5. The molecule has 0 spiro atoms. The Morgan fingerprint density at radius 2 is 1.59 bits per heavy atom. The number of unbranched alkanes of at least 4 members (excludes halogenated alkanes) is 2. The quantitative estimate of drug-likeness (QED) is 0.334. The van der Waals surface area contributed by atoms with Gasteiger partial charge >= 0.3 is 11.9 Å². The highest BCUT2D eigenvalue weighted by molar-refractivity contribution is 6.10. The summed E-state index contributed by atoms with van der Waals surface area (Å²) in [5.74, 6) is -2.50. The summed E-state index contributed by atoms with van der Waals surface area (Å²) in [5, 5.41) is 19.1. The summed E-state index contributed by atoms with van der Waals surface area (Å²) < 4.78 is 6.18. The van der Waals surface area contributed by atoms with Crippen LogP contribution in [0.15, 0.2) is 66.7 Å². The molecule has 1 aliphatic rings. The number of aliphatic carboxylic acids is 2. The molecular weight excluding hydrogens is 436 g/mol. The Morgan fingerprint density at radius 1 is 0.971 bits per heavy atom. The summed E-state index contributed by atoms with van der Waals surface area (Å²) in [7, 11) is 0. The first-order valence-electron chi connectivity index (χ1n) is 11.3. The third-order valence-electron chi connectivity index (χ3n) is 4.96. The lowest BCUT2D eigenvalue weighted by Crippen LogP contribution is -2.29. The van der Waals surface area contributed by atoms with Crippen LogP contribution in [-0.4, -0.2) is 47.3 Å². The molecule has 2 aromatic rings. The lowest BCUT2D eigenvalue weighted by atomic mass is 10.1. The molecule has 0 bridgehead atoms. The van der Waals surface area contributed by atoms with Gasteiger partial charge in [0.15, 0.2) is 6.23 Å².